The van der Waals surface area contributed by atoms with Crippen molar-refractivity contribution in [1.82, 2.24) is 4.98 Å². The molecule has 0 N–H and O–H groups in total. The van der Waals surface area contributed by atoms with Crippen molar-refractivity contribution in [2.45, 2.75) is 0 Å². The van der Waals surface area contributed by atoms with Gasteiger partial charge in [0, 0.05) is 35.1 Å². The lowest BCUT2D eigenvalue weighted by atomic mass is 10.3. The van der Waals surface area contributed by atoms with Crippen LogP contribution in [0.1, 0.15) is 5.56 Å². The maximum atomic E-state index is 11.7. The second-order valence-electron chi connectivity index (χ2n) is 3.21. The summed E-state index contributed by atoms with van der Waals surface area (Å²) in [6, 6.07) is 10.2. The number of hydrogen-bond donors (Lipinski definition) is 0. The molecule has 2 aromatic rings. The first kappa shape index (κ1) is 10.6. The van der Waals surface area contributed by atoms with Crippen molar-refractivity contribution in [1.29, 1.82) is 0 Å². The number of hydrogen-bond acceptors (Lipinski definition) is 2. The molecule has 1 heterocycles. The molecule has 0 unspecified atom stereocenters. The largest absolute Gasteiger partial charge is 0.618 e. The van der Waals surface area contributed by atoms with Crippen LogP contribution in [0.4, 0.5) is 5.69 Å². The summed E-state index contributed by atoms with van der Waals surface area (Å²) in [5.41, 5.74) is 1.35. The number of halogens is 1. The SMILES string of the molecule is [O-][N+](=Cc1ccncc1)c1ccc(Cl)cc1. The molecule has 80 valence electrons. The normalized spacial score (nSPS) is 11.4. The van der Waals surface area contributed by atoms with E-state index in [0.29, 0.717) is 10.7 Å². The van der Waals surface area contributed by atoms with E-state index in [1.165, 1.54) is 6.21 Å². The molecule has 0 saturated heterocycles. The Kier molecular flexibility index (Phi) is 3.17. The highest BCUT2D eigenvalue weighted by Gasteiger charge is 2.00. The molecule has 0 radical (unpaired) electrons. The van der Waals surface area contributed by atoms with Gasteiger partial charge in [-0.2, -0.15) is 4.74 Å². The molecule has 0 bridgehead atoms. The summed E-state index contributed by atoms with van der Waals surface area (Å²) < 4.78 is 0.797. The first-order valence-electron chi connectivity index (χ1n) is 4.72. The number of pyridine rings is 1. The van der Waals surface area contributed by atoms with Gasteiger partial charge >= 0.3 is 0 Å². The topological polar surface area (TPSA) is 39.0 Å². The molecule has 0 spiro atoms. The Morgan fingerprint density at radius 2 is 1.69 bits per heavy atom. The third-order valence-corrected chi connectivity index (χ3v) is 2.31. The lowest BCUT2D eigenvalue weighted by Gasteiger charge is -2.02. The molecule has 3 nitrogen and oxygen atoms in total. The van der Waals surface area contributed by atoms with Crippen LogP contribution in [-0.4, -0.2) is 15.9 Å². The van der Waals surface area contributed by atoms with Crippen LogP contribution < -0.4 is 0 Å². The zero-order valence-electron chi connectivity index (χ0n) is 8.38. The van der Waals surface area contributed by atoms with Gasteiger partial charge in [-0.1, -0.05) is 11.6 Å². The quantitative estimate of drug-likeness (QED) is 0.346. The Morgan fingerprint density at radius 1 is 1.06 bits per heavy atom. The van der Waals surface area contributed by atoms with Crippen molar-refractivity contribution in [2.24, 2.45) is 0 Å². The van der Waals surface area contributed by atoms with Gasteiger partial charge in [-0.25, -0.2) is 0 Å². The van der Waals surface area contributed by atoms with Crippen LogP contribution in [0.2, 0.25) is 5.02 Å². The van der Waals surface area contributed by atoms with Crippen LogP contribution in [0.5, 0.6) is 0 Å². The molecule has 0 amide bonds. The van der Waals surface area contributed by atoms with E-state index in [4.69, 9.17) is 11.6 Å². The monoisotopic (exact) mass is 232 g/mol. The van der Waals surface area contributed by atoms with E-state index < -0.39 is 0 Å². The van der Waals surface area contributed by atoms with Gasteiger partial charge in [-0.05, 0) is 24.3 Å². The summed E-state index contributed by atoms with van der Waals surface area (Å²) in [7, 11) is 0. The van der Waals surface area contributed by atoms with Crippen molar-refractivity contribution < 1.29 is 4.74 Å². The predicted octanol–water partition coefficient (Wildman–Crippen LogP) is 3.00. The first-order chi connectivity index (χ1) is 7.75. The van der Waals surface area contributed by atoms with E-state index in [9.17, 15) is 5.21 Å². The lowest BCUT2D eigenvalue weighted by molar-refractivity contribution is -0.354. The standard InChI is InChI=1S/C12H9ClN2O/c13-11-1-3-12(4-2-11)15(16)9-10-5-7-14-8-6-10/h1-9H. The lowest BCUT2D eigenvalue weighted by Crippen LogP contribution is -1.98. The van der Waals surface area contributed by atoms with Crippen molar-refractivity contribution in [3.8, 4) is 0 Å². The van der Waals surface area contributed by atoms with Gasteiger partial charge < -0.3 is 5.21 Å². The van der Waals surface area contributed by atoms with E-state index in [-0.39, 0.29) is 0 Å². The highest BCUT2D eigenvalue weighted by atomic mass is 35.5. The van der Waals surface area contributed by atoms with Gasteiger partial charge in [0.2, 0.25) is 5.69 Å². The Labute approximate surface area is 98.2 Å². The number of nitrogens with zero attached hydrogens (tertiary/aromatic N) is 2. The number of aromatic nitrogens is 1. The van der Waals surface area contributed by atoms with Crippen LogP contribution in [-0.2, 0) is 0 Å². The van der Waals surface area contributed by atoms with Crippen molar-refractivity contribution >= 4 is 23.5 Å². The summed E-state index contributed by atoms with van der Waals surface area (Å²) in [6.07, 6.45) is 4.77. The smallest absolute Gasteiger partial charge is 0.216 e. The van der Waals surface area contributed by atoms with Crippen molar-refractivity contribution in [3.63, 3.8) is 0 Å². The van der Waals surface area contributed by atoms with Gasteiger partial charge in [0.15, 0.2) is 6.21 Å². The molecule has 0 aliphatic heterocycles. The number of benzene rings is 1. The third kappa shape index (κ3) is 2.58. The molecule has 2 rings (SSSR count). The molecule has 0 aliphatic carbocycles. The summed E-state index contributed by atoms with van der Waals surface area (Å²) in [5.74, 6) is 0. The molecule has 0 atom stereocenters. The van der Waals surface area contributed by atoms with Gasteiger partial charge in [0.25, 0.3) is 0 Å². The molecule has 16 heavy (non-hydrogen) atoms. The number of rotatable bonds is 2. The van der Waals surface area contributed by atoms with Gasteiger partial charge in [0.05, 0.1) is 0 Å². The van der Waals surface area contributed by atoms with E-state index >= 15 is 0 Å². The van der Waals surface area contributed by atoms with Crippen molar-refractivity contribution in [2.75, 3.05) is 0 Å². The predicted molar refractivity (Wildman–Crippen MR) is 64.1 cm³/mol. The average Bonchev–Trinajstić information content (AvgIpc) is 2.31. The van der Waals surface area contributed by atoms with E-state index in [0.717, 1.165) is 10.3 Å². The van der Waals surface area contributed by atoms with Crippen molar-refractivity contribution in [3.05, 3.63) is 64.6 Å². The van der Waals surface area contributed by atoms with Crippen LogP contribution in [0, 0.1) is 5.21 Å². The minimum atomic E-state index is 0.543. The van der Waals surface area contributed by atoms with Gasteiger partial charge in [-0.15, -0.1) is 0 Å². The highest BCUT2D eigenvalue weighted by Crippen LogP contribution is 2.15. The first-order valence-corrected chi connectivity index (χ1v) is 5.10. The fourth-order valence-electron chi connectivity index (χ4n) is 1.25. The van der Waals surface area contributed by atoms with Crippen LogP contribution in [0.25, 0.3) is 0 Å². The van der Waals surface area contributed by atoms with E-state index in [1.807, 2.05) is 0 Å². The zero-order valence-corrected chi connectivity index (χ0v) is 9.13. The Bertz CT molecular complexity index is 494. The van der Waals surface area contributed by atoms with Gasteiger partial charge in [-0.3, -0.25) is 4.98 Å². The molecule has 0 saturated carbocycles. The van der Waals surface area contributed by atoms with Crippen LogP contribution in [0.3, 0.4) is 0 Å². The second-order valence-corrected chi connectivity index (χ2v) is 3.65. The van der Waals surface area contributed by atoms with Crippen LogP contribution >= 0.6 is 11.6 Å². The minimum absolute atomic E-state index is 0.543. The van der Waals surface area contributed by atoms with E-state index in [1.54, 1.807) is 48.8 Å². The third-order valence-electron chi connectivity index (χ3n) is 2.05. The summed E-state index contributed by atoms with van der Waals surface area (Å²) in [4.78, 5) is 3.88. The van der Waals surface area contributed by atoms with Gasteiger partial charge in [0.1, 0.15) is 0 Å². The summed E-state index contributed by atoms with van der Waals surface area (Å²) >= 11 is 5.74. The Hall–Kier alpha value is -1.87. The Morgan fingerprint density at radius 3 is 2.31 bits per heavy atom. The van der Waals surface area contributed by atoms with E-state index in [2.05, 4.69) is 4.98 Å². The fourth-order valence-corrected chi connectivity index (χ4v) is 1.37. The molecular formula is C12H9ClN2O. The fraction of sp³-hybridized carbons (Fsp3) is 0. The highest BCUT2D eigenvalue weighted by molar-refractivity contribution is 6.30. The summed E-state index contributed by atoms with van der Waals surface area (Å²) in [6.45, 7) is 0. The maximum absolute atomic E-state index is 11.7. The molecule has 1 aromatic heterocycles. The van der Waals surface area contributed by atoms with Crippen LogP contribution in [0.15, 0.2) is 48.8 Å². The maximum Gasteiger partial charge on any atom is 0.216 e. The molecular weight excluding hydrogens is 224 g/mol. The average molecular weight is 233 g/mol. The zero-order chi connectivity index (χ0) is 11.4. The molecule has 1 aromatic carbocycles. The minimum Gasteiger partial charge on any atom is -0.618 e. The summed E-state index contributed by atoms with van der Waals surface area (Å²) in [5, 5.41) is 12.3. The second kappa shape index (κ2) is 4.77. The molecule has 0 fully saturated rings. The molecule has 4 heteroatoms. The molecule has 0 aliphatic rings. The Balaban J connectivity index is 2.28.